The lowest BCUT2D eigenvalue weighted by Crippen LogP contribution is -2.74. The van der Waals surface area contributed by atoms with E-state index in [1.54, 1.807) is 26.2 Å². The van der Waals surface area contributed by atoms with Crippen molar-refractivity contribution in [2.45, 2.75) is 68.6 Å². The van der Waals surface area contributed by atoms with Crippen molar-refractivity contribution in [2.24, 2.45) is 10.6 Å². The van der Waals surface area contributed by atoms with Crippen LogP contribution in [0.5, 0.6) is 6.01 Å². The highest BCUT2D eigenvalue weighted by Gasteiger charge is 2.60. The van der Waals surface area contributed by atoms with E-state index in [9.17, 15) is 33.9 Å². The first-order chi connectivity index (χ1) is 31.0. The van der Waals surface area contributed by atoms with E-state index in [0.717, 1.165) is 28.5 Å². The average molecular weight is 939 g/mol. The molecule has 17 nitrogen and oxygen atoms in total. The van der Waals surface area contributed by atoms with E-state index in [4.69, 9.17) is 14.6 Å². The van der Waals surface area contributed by atoms with Crippen LogP contribution in [-0.4, -0.2) is 104 Å². The highest BCUT2D eigenvalue weighted by molar-refractivity contribution is 7.99. The average Bonchev–Trinajstić information content (AvgIpc) is 3.73. The molecule has 2 aliphatic rings. The number of hydrogen-bond donors (Lipinski definition) is 4. The second kappa shape index (κ2) is 19.4. The number of aromatic nitrogens is 4. The number of esters is 1. The van der Waals surface area contributed by atoms with Crippen molar-refractivity contribution in [3.05, 3.63) is 136 Å². The first-order valence-corrected chi connectivity index (χ1v) is 23.5. The predicted octanol–water partition coefficient (Wildman–Crippen LogP) is 5.46. The summed E-state index contributed by atoms with van der Waals surface area (Å²) >= 11 is 0.559. The van der Waals surface area contributed by atoms with Crippen LogP contribution in [0.15, 0.2) is 124 Å². The minimum absolute atomic E-state index is 0.0452. The first kappa shape index (κ1) is 46.6. The molecule has 4 heterocycles. The zero-order chi connectivity index (χ0) is 46.5. The van der Waals surface area contributed by atoms with Crippen LogP contribution in [0.3, 0.4) is 0 Å². The summed E-state index contributed by atoms with van der Waals surface area (Å²) in [6.07, 6.45) is 1.24. The highest BCUT2D eigenvalue weighted by Crippen LogP contribution is 2.43. The smallest absolute Gasteiger partial charge is 0.347 e. The van der Waals surface area contributed by atoms with Gasteiger partial charge < -0.3 is 35.0 Å². The van der Waals surface area contributed by atoms with Gasteiger partial charge in [-0.2, -0.15) is 10.1 Å². The third kappa shape index (κ3) is 10.5. The number of aromatic hydroxyl groups is 1. The number of anilines is 1. The van der Waals surface area contributed by atoms with Gasteiger partial charge >= 0.3 is 17.9 Å². The molecule has 0 aliphatic carbocycles. The molecule has 2 aliphatic heterocycles. The number of hydrogen-bond acceptors (Lipinski definition) is 16. The van der Waals surface area contributed by atoms with Crippen molar-refractivity contribution in [2.75, 3.05) is 23.4 Å². The van der Waals surface area contributed by atoms with Gasteiger partial charge in [-0.1, -0.05) is 113 Å². The molecule has 2 amide bonds. The molecule has 5 aromatic rings. The summed E-state index contributed by atoms with van der Waals surface area (Å²) in [5.41, 5.74) is 0.152. The summed E-state index contributed by atoms with van der Waals surface area (Å²) in [6, 6.07) is 27.6. The predicted molar refractivity (Wildman–Crippen MR) is 244 cm³/mol. The SMILES string of the molecule is CC(C)(C)OC(=O)CON=C(C(=O)NC1C(=O)N2C(CC(C)(C)C(=O)O)=C(CSc3cnnc(O)n3)C[S+]([O-])[C@@H]12)c1csc(NC(c2ccccc2)(c2ccccc2)c2ccccc2)n1. The number of carbonyl (C=O) groups excluding carboxylic acids is 3. The number of aliphatic carboxylic acids is 1. The van der Waals surface area contributed by atoms with Gasteiger partial charge in [-0.15, -0.1) is 11.3 Å². The Bertz CT molecular complexity index is 2510. The number of carboxylic acids is 1. The maximum absolute atomic E-state index is 14.4. The standard InChI is InChI=1S/C45H46N8O9S3/c1-43(2,3)62-34(54)23-61-52-35(31-25-64-42(47-31)50-45(28-15-9-6-10-16-28,29-17-11-7-12-18-29)30-19-13-8-14-20-30)37(55)49-36-38(56)53-32(21-44(4,5)40(57)58)27(26-65(60)39(36)53)24-63-33-22-46-51-41(59)48-33/h6-20,22,25,36,39H,21,23-24,26H2,1-5H3,(H,47,50)(H,49,55)(H,57,58)(H,48,51,59)/t36?,39-,65?/m0/s1. The van der Waals surface area contributed by atoms with Crippen LogP contribution in [-0.2, 0) is 45.5 Å². The molecule has 3 aromatic carbocycles. The fourth-order valence-electron chi connectivity index (χ4n) is 7.32. The summed E-state index contributed by atoms with van der Waals surface area (Å²) in [5, 5.41) is 38.6. The molecule has 7 rings (SSSR count). The molecular weight excluding hydrogens is 893 g/mol. The second-order valence-corrected chi connectivity index (χ2v) is 20.1. The van der Waals surface area contributed by atoms with Gasteiger partial charge in [-0.05, 0) is 62.5 Å². The van der Waals surface area contributed by atoms with Gasteiger partial charge in [-0.3, -0.25) is 19.3 Å². The van der Waals surface area contributed by atoms with Crippen molar-refractivity contribution >= 4 is 68.9 Å². The van der Waals surface area contributed by atoms with Crippen LogP contribution in [0.1, 0.15) is 63.4 Å². The molecule has 3 atom stereocenters. The van der Waals surface area contributed by atoms with E-state index in [1.165, 1.54) is 36.3 Å². The Balaban J connectivity index is 1.20. The van der Waals surface area contributed by atoms with Crippen LogP contribution >= 0.6 is 23.1 Å². The second-order valence-electron chi connectivity index (χ2n) is 16.7. The van der Waals surface area contributed by atoms with E-state index >= 15 is 0 Å². The minimum Gasteiger partial charge on any atom is -0.614 e. The number of fused-ring (bicyclic) bond motifs is 1. The van der Waals surface area contributed by atoms with Crippen LogP contribution in [0.4, 0.5) is 5.13 Å². The highest BCUT2D eigenvalue weighted by atomic mass is 32.2. The number of allylic oxidation sites excluding steroid dienone is 1. The molecule has 2 aromatic heterocycles. The number of thiazole rings is 1. The Morgan fingerprint density at radius 1 is 0.954 bits per heavy atom. The number of oxime groups is 1. The van der Waals surface area contributed by atoms with Gasteiger partial charge in [0, 0.05) is 28.8 Å². The van der Waals surface area contributed by atoms with Crippen LogP contribution in [0, 0.1) is 5.41 Å². The van der Waals surface area contributed by atoms with Crippen molar-refractivity contribution in [1.82, 2.24) is 30.4 Å². The van der Waals surface area contributed by atoms with Crippen molar-refractivity contribution in [1.29, 1.82) is 0 Å². The molecular formula is C45H46N8O9S3. The molecule has 338 valence electrons. The van der Waals surface area contributed by atoms with E-state index in [1.807, 2.05) is 91.0 Å². The summed E-state index contributed by atoms with van der Waals surface area (Å²) in [7, 11) is 0. The van der Waals surface area contributed by atoms with Gasteiger partial charge in [0.05, 0.1) is 11.6 Å². The number of thioether (sulfide) groups is 1. The molecule has 1 saturated heterocycles. The van der Waals surface area contributed by atoms with E-state index in [2.05, 4.69) is 31.0 Å². The monoisotopic (exact) mass is 938 g/mol. The normalized spacial score (nSPS) is 17.8. The number of ether oxygens (including phenoxy) is 1. The lowest BCUT2D eigenvalue weighted by Gasteiger charge is -2.51. The van der Waals surface area contributed by atoms with E-state index < -0.39 is 75.5 Å². The minimum atomic E-state index is -1.77. The van der Waals surface area contributed by atoms with Gasteiger partial charge in [-0.25, -0.2) is 9.78 Å². The number of nitrogens with one attached hydrogen (secondary N) is 2. The molecule has 0 radical (unpaired) electrons. The van der Waals surface area contributed by atoms with Crippen molar-refractivity contribution in [3.8, 4) is 6.01 Å². The van der Waals surface area contributed by atoms with Gasteiger partial charge in [0.1, 0.15) is 27.6 Å². The Morgan fingerprint density at radius 3 is 2.11 bits per heavy atom. The summed E-state index contributed by atoms with van der Waals surface area (Å²) < 4.78 is 19.4. The van der Waals surface area contributed by atoms with Crippen molar-refractivity contribution < 1.29 is 43.5 Å². The number of β-lactam (4-membered cyclic amide) rings is 1. The molecule has 0 bridgehead atoms. The van der Waals surface area contributed by atoms with E-state index in [-0.39, 0.29) is 29.3 Å². The Labute approximate surface area is 385 Å². The van der Waals surface area contributed by atoms with Crippen LogP contribution < -0.4 is 10.6 Å². The number of carboxylic acid groups (broad SMARTS) is 1. The topological polar surface area (TPSA) is 241 Å². The number of rotatable bonds is 17. The quantitative estimate of drug-likeness (QED) is 0.0172. The number of carbonyl (C=O) groups is 4. The summed E-state index contributed by atoms with van der Waals surface area (Å²) in [4.78, 5) is 68.9. The zero-order valence-corrected chi connectivity index (χ0v) is 38.4. The van der Waals surface area contributed by atoms with Crippen LogP contribution in [0.2, 0.25) is 0 Å². The molecule has 0 spiro atoms. The molecule has 20 heteroatoms. The summed E-state index contributed by atoms with van der Waals surface area (Å²) in [5.74, 6) is -3.28. The van der Waals surface area contributed by atoms with Gasteiger partial charge in [0.2, 0.25) is 12.0 Å². The Kier molecular flexibility index (Phi) is 13.9. The molecule has 1 fully saturated rings. The fraction of sp³-hybridized carbons (Fsp3) is 0.311. The molecule has 65 heavy (non-hydrogen) atoms. The maximum Gasteiger partial charge on any atom is 0.347 e. The molecule has 0 saturated carbocycles. The molecule has 2 unspecified atom stereocenters. The lowest BCUT2D eigenvalue weighted by molar-refractivity contribution is -0.160. The van der Waals surface area contributed by atoms with Crippen molar-refractivity contribution in [3.63, 3.8) is 0 Å². The lowest BCUT2D eigenvalue weighted by atomic mass is 9.77. The Morgan fingerprint density at radius 2 is 1.55 bits per heavy atom. The van der Waals surface area contributed by atoms with E-state index in [0.29, 0.717) is 21.4 Å². The number of benzene rings is 3. The zero-order valence-electron chi connectivity index (χ0n) is 36.0. The number of amides is 2. The maximum atomic E-state index is 14.4. The Hall–Kier alpha value is -6.35. The van der Waals surface area contributed by atoms with Crippen LogP contribution in [0.25, 0.3) is 0 Å². The van der Waals surface area contributed by atoms with Gasteiger partial charge in [0.15, 0.2) is 16.9 Å². The summed E-state index contributed by atoms with van der Waals surface area (Å²) in [6.45, 7) is 7.46. The molecule has 4 N–H and O–H groups in total. The first-order valence-electron chi connectivity index (χ1n) is 20.3. The largest absolute Gasteiger partial charge is 0.614 e. The third-order valence-electron chi connectivity index (χ3n) is 10.4. The fourth-order valence-corrected chi connectivity index (χ4v) is 10.8. The third-order valence-corrected chi connectivity index (χ3v) is 13.8. The number of nitrogens with zero attached hydrogens (tertiary/aromatic N) is 6. The van der Waals surface area contributed by atoms with Gasteiger partial charge in [0.25, 0.3) is 11.8 Å².